The smallest absolute Gasteiger partial charge is 0.322 e. The molecule has 0 bridgehead atoms. The molecule has 2 aromatic carbocycles. The van der Waals surface area contributed by atoms with Crippen LogP contribution in [0.1, 0.15) is 22.4 Å². The van der Waals surface area contributed by atoms with Crippen molar-refractivity contribution in [3.63, 3.8) is 0 Å². The van der Waals surface area contributed by atoms with Crippen molar-refractivity contribution in [1.82, 2.24) is 10.2 Å². The fourth-order valence-corrected chi connectivity index (χ4v) is 2.43. The lowest BCUT2D eigenvalue weighted by Crippen LogP contribution is -2.21. The molecule has 9 heteroatoms. The van der Waals surface area contributed by atoms with Gasteiger partial charge in [0.1, 0.15) is 23.8 Å². The molecule has 0 saturated carbocycles. The van der Waals surface area contributed by atoms with E-state index in [2.05, 4.69) is 15.5 Å². The van der Waals surface area contributed by atoms with Gasteiger partial charge < -0.3 is 13.9 Å². The highest BCUT2D eigenvalue weighted by atomic mass is 19.1. The maximum Gasteiger partial charge on any atom is 0.322 e. The van der Waals surface area contributed by atoms with Gasteiger partial charge in [-0.05, 0) is 24.3 Å². The van der Waals surface area contributed by atoms with Crippen LogP contribution in [-0.4, -0.2) is 22.7 Å². The van der Waals surface area contributed by atoms with E-state index in [1.165, 1.54) is 0 Å². The molecule has 1 N–H and O–H groups in total. The third kappa shape index (κ3) is 2.94. The topological polar surface area (TPSA) is 86.5 Å². The van der Waals surface area contributed by atoms with Crippen LogP contribution in [0.5, 0.6) is 11.5 Å². The Balaban J connectivity index is 1.50. The lowest BCUT2D eigenvalue weighted by Gasteiger charge is -2.23. The molecule has 1 amide bonds. The van der Waals surface area contributed by atoms with Crippen molar-refractivity contribution in [1.29, 1.82) is 0 Å². The minimum Gasteiger partial charge on any atom is -0.485 e. The average molecular weight is 359 g/mol. The van der Waals surface area contributed by atoms with Crippen LogP contribution in [0.3, 0.4) is 0 Å². The Morgan fingerprint density at radius 1 is 1.04 bits per heavy atom. The first kappa shape index (κ1) is 16.0. The SMILES string of the molecule is O=C(Nc1nnc(C2COc3ccccc3O2)o1)c1c(F)cccc1F. The Kier molecular flexibility index (Phi) is 3.96. The van der Waals surface area contributed by atoms with Gasteiger partial charge >= 0.3 is 6.01 Å². The number of hydrogen-bond acceptors (Lipinski definition) is 6. The maximum atomic E-state index is 13.6. The summed E-state index contributed by atoms with van der Waals surface area (Å²) in [4.78, 5) is 12.0. The molecular weight excluding hydrogens is 348 g/mol. The quantitative estimate of drug-likeness (QED) is 0.773. The van der Waals surface area contributed by atoms with E-state index in [4.69, 9.17) is 13.9 Å². The van der Waals surface area contributed by atoms with Gasteiger partial charge in [-0.1, -0.05) is 23.3 Å². The molecule has 7 nitrogen and oxygen atoms in total. The fourth-order valence-electron chi connectivity index (χ4n) is 2.43. The third-order valence-electron chi connectivity index (χ3n) is 3.63. The molecule has 1 aromatic heterocycles. The van der Waals surface area contributed by atoms with Crippen LogP contribution in [0.15, 0.2) is 46.9 Å². The lowest BCUT2D eigenvalue weighted by atomic mass is 10.2. The molecule has 2 heterocycles. The summed E-state index contributed by atoms with van der Waals surface area (Å²) in [5, 5.41) is 9.59. The number of ether oxygens (including phenoxy) is 2. The number of amides is 1. The van der Waals surface area contributed by atoms with Gasteiger partial charge in [0.15, 0.2) is 11.5 Å². The molecule has 3 aromatic rings. The molecule has 0 aliphatic carbocycles. The molecule has 0 radical (unpaired) electrons. The minimum absolute atomic E-state index is 0.0591. The van der Waals surface area contributed by atoms with Crippen molar-refractivity contribution >= 4 is 11.9 Å². The number of fused-ring (bicyclic) bond motifs is 1. The van der Waals surface area contributed by atoms with Crippen LogP contribution in [0, 0.1) is 11.6 Å². The Morgan fingerprint density at radius 3 is 2.54 bits per heavy atom. The number of carbonyl (C=O) groups is 1. The van der Waals surface area contributed by atoms with E-state index >= 15 is 0 Å². The molecule has 0 spiro atoms. The average Bonchev–Trinajstić information content (AvgIpc) is 3.09. The summed E-state index contributed by atoms with van der Waals surface area (Å²) in [6.07, 6.45) is -0.673. The number of anilines is 1. The van der Waals surface area contributed by atoms with E-state index < -0.39 is 29.2 Å². The molecule has 1 atom stereocenters. The van der Waals surface area contributed by atoms with Gasteiger partial charge in [-0.25, -0.2) is 8.78 Å². The van der Waals surface area contributed by atoms with Gasteiger partial charge in [0.25, 0.3) is 11.8 Å². The number of benzene rings is 2. The van der Waals surface area contributed by atoms with Gasteiger partial charge in [0.05, 0.1) is 0 Å². The third-order valence-corrected chi connectivity index (χ3v) is 3.63. The van der Waals surface area contributed by atoms with Gasteiger partial charge in [0, 0.05) is 0 Å². The van der Waals surface area contributed by atoms with Gasteiger partial charge in [-0.3, -0.25) is 10.1 Å². The molecule has 26 heavy (non-hydrogen) atoms. The zero-order valence-electron chi connectivity index (χ0n) is 13.1. The summed E-state index contributed by atoms with van der Waals surface area (Å²) < 4.78 is 43.8. The second-order valence-electron chi connectivity index (χ2n) is 5.36. The standard InChI is InChI=1S/C17H11F2N3O4/c18-9-4-3-5-10(19)14(9)15(23)20-17-22-21-16(26-17)13-8-24-11-6-1-2-7-12(11)25-13/h1-7,13H,8H2,(H,20,22,23). The van der Waals surface area contributed by atoms with Crippen molar-refractivity contribution < 1.29 is 27.5 Å². The number of hydrogen-bond donors (Lipinski definition) is 1. The van der Waals surface area contributed by atoms with E-state index in [1.54, 1.807) is 18.2 Å². The molecule has 0 saturated heterocycles. The van der Waals surface area contributed by atoms with Gasteiger partial charge in [-0.2, -0.15) is 0 Å². The number of aromatic nitrogens is 2. The highest BCUT2D eigenvalue weighted by Crippen LogP contribution is 2.35. The van der Waals surface area contributed by atoms with Crippen LogP contribution < -0.4 is 14.8 Å². The molecule has 4 rings (SSSR count). The summed E-state index contributed by atoms with van der Waals surface area (Å²) >= 11 is 0. The monoisotopic (exact) mass is 359 g/mol. The van der Waals surface area contributed by atoms with Crippen molar-refractivity contribution in [2.24, 2.45) is 0 Å². The van der Waals surface area contributed by atoms with Crippen LogP contribution in [0.4, 0.5) is 14.8 Å². The number of nitrogens with one attached hydrogen (secondary N) is 1. The lowest BCUT2D eigenvalue weighted by molar-refractivity contribution is 0.0716. The fraction of sp³-hybridized carbons (Fsp3) is 0.118. The van der Waals surface area contributed by atoms with E-state index in [0.29, 0.717) is 11.5 Å². The molecule has 1 aliphatic heterocycles. The predicted molar refractivity (Wildman–Crippen MR) is 83.9 cm³/mol. The molecule has 0 fully saturated rings. The molecular formula is C17H11F2N3O4. The van der Waals surface area contributed by atoms with E-state index in [-0.39, 0.29) is 18.5 Å². The van der Waals surface area contributed by atoms with E-state index in [0.717, 1.165) is 18.2 Å². The number of para-hydroxylation sites is 2. The summed E-state index contributed by atoms with van der Waals surface area (Å²) in [7, 11) is 0. The van der Waals surface area contributed by atoms with Crippen LogP contribution >= 0.6 is 0 Å². The van der Waals surface area contributed by atoms with E-state index in [1.807, 2.05) is 6.07 Å². The van der Waals surface area contributed by atoms with Gasteiger partial charge in [-0.15, -0.1) is 5.10 Å². The van der Waals surface area contributed by atoms with Crippen LogP contribution in [-0.2, 0) is 0 Å². The number of carbonyl (C=O) groups excluding carboxylic acids is 1. The van der Waals surface area contributed by atoms with Crippen molar-refractivity contribution in [2.75, 3.05) is 11.9 Å². The van der Waals surface area contributed by atoms with Crippen molar-refractivity contribution in [2.45, 2.75) is 6.10 Å². The normalized spacial score (nSPS) is 15.5. The number of nitrogens with zero attached hydrogens (tertiary/aromatic N) is 2. The summed E-state index contributed by atoms with van der Waals surface area (Å²) in [5.74, 6) is -1.87. The Bertz CT molecular complexity index is 956. The predicted octanol–water partition coefficient (Wildman–Crippen LogP) is 3.11. The van der Waals surface area contributed by atoms with Crippen LogP contribution in [0.2, 0.25) is 0 Å². The zero-order valence-corrected chi connectivity index (χ0v) is 13.1. The number of rotatable bonds is 3. The largest absolute Gasteiger partial charge is 0.485 e. The van der Waals surface area contributed by atoms with Crippen molar-refractivity contribution in [3.05, 3.63) is 65.6 Å². The Morgan fingerprint density at radius 2 is 1.77 bits per heavy atom. The zero-order chi connectivity index (χ0) is 18.1. The van der Waals surface area contributed by atoms with Gasteiger partial charge in [0.2, 0.25) is 6.10 Å². The first-order chi connectivity index (χ1) is 12.6. The summed E-state index contributed by atoms with van der Waals surface area (Å²) in [6.45, 7) is 0.133. The summed E-state index contributed by atoms with van der Waals surface area (Å²) in [5.41, 5.74) is -0.738. The number of halogens is 2. The molecule has 1 unspecified atom stereocenters. The Hall–Kier alpha value is -3.49. The highest BCUT2D eigenvalue weighted by molar-refractivity contribution is 6.03. The van der Waals surface area contributed by atoms with Crippen LogP contribution in [0.25, 0.3) is 0 Å². The Labute approximate surface area is 145 Å². The summed E-state index contributed by atoms with van der Waals surface area (Å²) in [6, 6.07) is 9.87. The first-order valence-corrected chi connectivity index (χ1v) is 7.59. The molecule has 132 valence electrons. The minimum atomic E-state index is -1.04. The van der Waals surface area contributed by atoms with E-state index in [9.17, 15) is 13.6 Å². The maximum absolute atomic E-state index is 13.6. The highest BCUT2D eigenvalue weighted by Gasteiger charge is 2.28. The second-order valence-corrected chi connectivity index (χ2v) is 5.36. The molecule has 1 aliphatic rings. The second kappa shape index (κ2) is 6.43. The van der Waals surface area contributed by atoms with Crippen molar-refractivity contribution in [3.8, 4) is 11.5 Å². The first-order valence-electron chi connectivity index (χ1n) is 7.59.